The van der Waals surface area contributed by atoms with Crippen LogP contribution in [0.1, 0.15) is 18.0 Å². The van der Waals surface area contributed by atoms with Gasteiger partial charge in [0.05, 0.1) is 18.7 Å². The topological polar surface area (TPSA) is 105 Å². The van der Waals surface area contributed by atoms with Gasteiger partial charge < -0.3 is 26.2 Å². The number of ether oxygens (including phenoxy) is 1. The maximum Gasteiger partial charge on any atom is 0.142 e. The molecule has 0 spiro atoms. The van der Waals surface area contributed by atoms with Gasteiger partial charge in [-0.15, -0.1) is 0 Å². The second-order valence-electron chi connectivity index (χ2n) is 7.07. The molecule has 0 bridgehead atoms. The number of nitrogens with zero attached hydrogens (tertiary/aromatic N) is 2. The summed E-state index contributed by atoms with van der Waals surface area (Å²) in [4.78, 5) is 8.89. The van der Waals surface area contributed by atoms with Crippen molar-refractivity contribution in [2.75, 3.05) is 25.5 Å². The molecule has 4 rings (SSSR count). The van der Waals surface area contributed by atoms with Crippen LogP contribution in [0.2, 0.25) is 0 Å². The van der Waals surface area contributed by atoms with Crippen LogP contribution in [-0.4, -0.2) is 41.4 Å². The van der Waals surface area contributed by atoms with E-state index in [9.17, 15) is 5.11 Å². The molecule has 28 heavy (non-hydrogen) atoms. The largest absolute Gasteiger partial charge is 0.497 e. The molecule has 0 radical (unpaired) electrons. The number of fused-ring (bicyclic) bond motifs is 1. The average molecular weight is 379 g/mol. The highest BCUT2D eigenvalue weighted by atomic mass is 16.5. The summed E-state index contributed by atoms with van der Waals surface area (Å²) in [6.45, 7) is 1.42. The molecule has 1 aromatic heterocycles. The molecule has 7 nitrogen and oxygen atoms in total. The maximum absolute atomic E-state index is 10.4. The van der Waals surface area contributed by atoms with Crippen molar-refractivity contribution < 1.29 is 9.84 Å². The number of nitrogens with one attached hydrogen (secondary N) is 2. The summed E-state index contributed by atoms with van der Waals surface area (Å²) >= 11 is 0. The van der Waals surface area contributed by atoms with Crippen molar-refractivity contribution in [1.82, 2.24) is 15.3 Å². The number of rotatable bonds is 5. The zero-order valence-corrected chi connectivity index (χ0v) is 15.8. The normalized spacial score (nSPS) is 20.7. The Hall–Kier alpha value is -2.74. The zero-order valence-electron chi connectivity index (χ0n) is 15.8. The Balaban J connectivity index is 1.75. The Morgan fingerprint density at radius 2 is 2.11 bits per heavy atom. The molecule has 2 aromatic carbocycles. The summed E-state index contributed by atoms with van der Waals surface area (Å²) in [7, 11) is 1.64. The van der Waals surface area contributed by atoms with Crippen molar-refractivity contribution in [3.05, 3.63) is 54.4 Å². The second kappa shape index (κ2) is 8.10. The fourth-order valence-corrected chi connectivity index (χ4v) is 3.86. The molecule has 1 unspecified atom stereocenters. The van der Waals surface area contributed by atoms with Crippen LogP contribution < -0.4 is 21.1 Å². The first-order valence-electron chi connectivity index (χ1n) is 9.46. The van der Waals surface area contributed by atoms with Crippen molar-refractivity contribution in [3.63, 3.8) is 0 Å². The smallest absolute Gasteiger partial charge is 0.142 e. The molecule has 1 fully saturated rings. The number of aromatic nitrogens is 2. The Morgan fingerprint density at radius 3 is 2.93 bits per heavy atom. The van der Waals surface area contributed by atoms with Crippen LogP contribution in [0.4, 0.5) is 11.5 Å². The fourth-order valence-electron chi connectivity index (χ4n) is 3.86. The monoisotopic (exact) mass is 379 g/mol. The molecule has 146 valence electrons. The number of benzene rings is 2. The highest BCUT2D eigenvalue weighted by molar-refractivity contribution is 5.94. The first-order valence-corrected chi connectivity index (χ1v) is 9.46. The predicted molar refractivity (Wildman–Crippen MR) is 110 cm³/mol. The van der Waals surface area contributed by atoms with Gasteiger partial charge in [0.1, 0.15) is 17.9 Å². The fraction of sp³-hybridized carbons (Fsp3) is 0.333. The van der Waals surface area contributed by atoms with Gasteiger partial charge in [0.15, 0.2) is 0 Å². The van der Waals surface area contributed by atoms with E-state index < -0.39 is 6.10 Å². The number of anilines is 2. The van der Waals surface area contributed by atoms with Crippen LogP contribution in [0.5, 0.6) is 5.75 Å². The summed E-state index contributed by atoms with van der Waals surface area (Å²) in [6.07, 6.45) is 1.89. The number of nitrogens with two attached hydrogens (primary N) is 1. The van der Waals surface area contributed by atoms with Crippen molar-refractivity contribution in [2.24, 2.45) is 11.7 Å². The standard InChI is InChI=1S/C21H25N5O2/c1-28-14-5-2-4-13(10-14)26-21-19-16(6-3-7-17(19)24-12-25-21)20(22)15-8-9-23-11-18(15)27/h2-7,10,12,15,18,20,23,27H,8-9,11,22H2,1H3,(H,24,25,26)/t15-,18-,20?/m0/s1. The molecular weight excluding hydrogens is 354 g/mol. The van der Waals surface area contributed by atoms with Crippen molar-refractivity contribution in [2.45, 2.75) is 18.6 Å². The molecule has 2 heterocycles. The summed E-state index contributed by atoms with van der Waals surface area (Å²) in [6, 6.07) is 13.3. The summed E-state index contributed by atoms with van der Waals surface area (Å²) in [5, 5.41) is 17.9. The van der Waals surface area contributed by atoms with Crippen LogP contribution in [0, 0.1) is 5.92 Å². The van der Waals surface area contributed by atoms with Gasteiger partial charge in [-0.2, -0.15) is 0 Å². The predicted octanol–water partition coefficient (Wildman–Crippen LogP) is 2.35. The minimum absolute atomic E-state index is 0.0169. The van der Waals surface area contributed by atoms with Crippen LogP contribution in [-0.2, 0) is 0 Å². The maximum atomic E-state index is 10.4. The lowest BCUT2D eigenvalue weighted by Gasteiger charge is -2.33. The summed E-state index contributed by atoms with van der Waals surface area (Å²) < 4.78 is 5.31. The van der Waals surface area contributed by atoms with Gasteiger partial charge >= 0.3 is 0 Å². The Morgan fingerprint density at radius 1 is 1.25 bits per heavy atom. The quantitative estimate of drug-likeness (QED) is 0.539. The highest BCUT2D eigenvalue weighted by Gasteiger charge is 2.30. The molecule has 3 aromatic rings. The second-order valence-corrected chi connectivity index (χ2v) is 7.07. The Labute approximate surface area is 164 Å². The van der Waals surface area contributed by atoms with Gasteiger partial charge in [-0.25, -0.2) is 9.97 Å². The third-order valence-electron chi connectivity index (χ3n) is 5.35. The van der Waals surface area contributed by atoms with Crippen molar-refractivity contribution in [1.29, 1.82) is 0 Å². The highest BCUT2D eigenvalue weighted by Crippen LogP contribution is 2.35. The van der Waals surface area contributed by atoms with Gasteiger partial charge in [-0.3, -0.25) is 0 Å². The molecular formula is C21H25N5O2. The minimum Gasteiger partial charge on any atom is -0.497 e. The van der Waals surface area contributed by atoms with Crippen molar-refractivity contribution in [3.8, 4) is 5.75 Å². The number of piperidine rings is 1. The number of hydrogen-bond acceptors (Lipinski definition) is 7. The molecule has 0 amide bonds. The molecule has 3 atom stereocenters. The lowest BCUT2D eigenvalue weighted by atomic mass is 9.83. The van der Waals surface area contributed by atoms with Gasteiger partial charge in [-0.1, -0.05) is 18.2 Å². The van der Waals surface area contributed by atoms with Crippen LogP contribution >= 0.6 is 0 Å². The molecule has 0 saturated carbocycles. The van der Waals surface area contributed by atoms with E-state index in [1.807, 2.05) is 42.5 Å². The first kappa shape index (κ1) is 18.6. The Bertz CT molecular complexity index is 959. The number of aliphatic hydroxyl groups excluding tert-OH is 1. The zero-order chi connectivity index (χ0) is 19.5. The van der Waals surface area contributed by atoms with E-state index in [0.717, 1.165) is 40.9 Å². The van der Waals surface area contributed by atoms with E-state index in [-0.39, 0.29) is 12.0 Å². The number of hydrogen-bond donors (Lipinski definition) is 4. The number of β-amino-alcohol motifs (C(OH)–C–C–N with tert-alkyl or cyclic N) is 1. The van der Waals surface area contributed by atoms with E-state index in [4.69, 9.17) is 10.5 Å². The molecule has 1 aliphatic heterocycles. The van der Waals surface area contributed by atoms with E-state index >= 15 is 0 Å². The first-order chi connectivity index (χ1) is 13.7. The number of aliphatic hydroxyl groups is 1. The Kier molecular flexibility index (Phi) is 5.38. The molecule has 1 saturated heterocycles. The van der Waals surface area contributed by atoms with Crippen molar-refractivity contribution >= 4 is 22.4 Å². The lowest BCUT2D eigenvalue weighted by Crippen LogP contribution is -2.44. The van der Waals surface area contributed by atoms with E-state index in [1.165, 1.54) is 0 Å². The molecule has 7 heteroatoms. The van der Waals surface area contributed by atoms with E-state index in [2.05, 4.69) is 20.6 Å². The van der Waals surface area contributed by atoms with Crippen LogP contribution in [0.25, 0.3) is 10.9 Å². The molecule has 0 aliphatic carbocycles. The van der Waals surface area contributed by atoms with Gasteiger partial charge in [0.2, 0.25) is 0 Å². The molecule has 5 N–H and O–H groups in total. The van der Waals surface area contributed by atoms with Crippen LogP contribution in [0.15, 0.2) is 48.8 Å². The van der Waals surface area contributed by atoms with E-state index in [1.54, 1.807) is 13.4 Å². The minimum atomic E-state index is -0.474. The van der Waals surface area contributed by atoms with Gasteiger partial charge in [-0.05, 0) is 36.7 Å². The SMILES string of the molecule is COc1cccc(Nc2ncnc3cccc(C(N)[C@H]4CCNC[C@@H]4O)c23)c1. The summed E-state index contributed by atoms with van der Waals surface area (Å²) in [5.41, 5.74) is 9.26. The van der Waals surface area contributed by atoms with Gasteiger partial charge in [0.25, 0.3) is 0 Å². The third-order valence-corrected chi connectivity index (χ3v) is 5.35. The molecule has 1 aliphatic rings. The number of methoxy groups -OCH3 is 1. The lowest BCUT2D eigenvalue weighted by molar-refractivity contribution is 0.0676. The van der Waals surface area contributed by atoms with E-state index in [0.29, 0.717) is 12.4 Å². The third kappa shape index (κ3) is 3.64. The average Bonchev–Trinajstić information content (AvgIpc) is 2.73. The van der Waals surface area contributed by atoms with Crippen LogP contribution in [0.3, 0.4) is 0 Å². The van der Waals surface area contributed by atoms with Gasteiger partial charge in [0, 0.05) is 35.6 Å². The summed E-state index contributed by atoms with van der Waals surface area (Å²) in [5.74, 6) is 1.43.